The number of nitrogens with one attached hydrogen (secondary N) is 1. The van der Waals surface area contributed by atoms with Crippen LogP contribution < -0.4 is 10.9 Å². The molecule has 1 N–H and O–H groups in total. The summed E-state index contributed by atoms with van der Waals surface area (Å²) in [5, 5.41) is 3.51. The van der Waals surface area contributed by atoms with Crippen molar-refractivity contribution in [2.24, 2.45) is 0 Å². The highest BCUT2D eigenvalue weighted by Gasteiger charge is 2.10. The van der Waals surface area contributed by atoms with E-state index in [-0.39, 0.29) is 11.5 Å². The molecule has 5 heteroatoms. The molecule has 3 rings (SSSR count). The van der Waals surface area contributed by atoms with Crippen LogP contribution in [0.4, 0.5) is 5.69 Å². The Balaban J connectivity index is 1.84. The van der Waals surface area contributed by atoms with Crippen LogP contribution in [0.5, 0.6) is 0 Å². The average molecular weight is 367 g/mol. The largest absolute Gasteiger partial charge is 0.322 e. The minimum Gasteiger partial charge on any atom is -0.322 e. The molecule has 2 aromatic carbocycles. The molecule has 0 bridgehead atoms. The molecule has 26 heavy (non-hydrogen) atoms. The van der Waals surface area contributed by atoms with Crippen LogP contribution in [0.2, 0.25) is 5.02 Å². The summed E-state index contributed by atoms with van der Waals surface area (Å²) in [6.07, 6.45) is 1.57. The van der Waals surface area contributed by atoms with Gasteiger partial charge in [-0.25, -0.2) is 0 Å². The number of aryl methyl sites for hydroxylation is 2. The van der Waals surface area contributed by atoms with Gasteiger partial charge >= 0.3 is 0 Å². The summed E-state index contributed by atoms with van der Waals surface area (Å²) >= 11 is 6.00. The Kier molecular flexibility index (Phi) is 5.24. The summed E-state index contributed by atoms with van der Waals surface area (Å²) in [6, 6.07) is 16.1. The Hall–Kier alpha value is -2.85. The van der Waals surface area contributed by atoms with Gasteiger partial charge in [0.25, 0.3) is 11.5 Å². The van der Waals surface area contributed by atoms with E-state index >= 15 is 0 Å². The zero-order valence-corrected chi connectivity index (χ0v) is 15.4. The first kappa shape index (κ1) is 18.0. The van der Waals surface area contributed by atoms with Crippen LogP contribution >= 0.6 is 11.6 Å². The molecule has 0 saturated heterocycles. The van der Waals surface area contributed by atoms with Gasteiger partial charge in [-0.05, 0) is 49.2 Å². The fraction of sp³-hybridized carbons (Fsp3) is 0.143. The molecule has 0 fully saturated rings. The minimum atomic E-state index is -0.253. The van der Waals surface area contributed by atoms with E-state index < -0.39 is 0 Å². The van der Waals surface area contributed by atoms with Gasteiger partial charge in [-0.1, -0.05) is 41.4 Å². The number of hydrogen-bond acceptors (Lipinski definition) is 2. The molecule has 1 aromatic heterocycles. The predicted octanol–water partition coefficient (Wildman–Crippen LogP) is 4.42. The van der Waals surface area contributed by atoms with Gasteiger partial charge in [0.1, 0.15) is 0 Å². The van der Waals surface area contributed by atoms with Crippen molar-refractivity contribution in [2.75, 3.05) is 5.32 Å². The van der Waals surface area contributed by atoms with Crippen molar-refractivity contribution in [1.82, 2.24) is 4.57 Å². The predicted molar refractivity (Wildman–Crippen MR) is 105 cm³/mol. The highest BCUT2D eigenvalue weighted by molar-refractivity contribution is 6.30. The maximum Gasteiger partial charge on any atom is 0.257 e. The number of benzene rings is 2. The first-order valence-corrected chi connectivity index (χ1v) is 8.64. The molecule has 0 radical (unpaired) electrons. The fourth-order valence-corrected chi connectivity index (χ4v) is 2.98. The second kappa shape index (κ2) is 7.58. The van der Waals surface area contributed by atoms with Crippen molar-refractivity contribution in [3.8, 4) is 0 Å². The van der Waals surface area contributed by atoms with E-state index in [0.717, 1.165) is 22.4 Å². The van der Waals surface area contributed by atoms with Crippen molar-refractivity contribution in [2.45, 2.75) is 20.4 Å². The van der Waals surface area contributed by atoms with E-state index in [4.69, 9.17) is 11.6 Å². The Labute approximate surface area is 157 Å². The smallest absolute Gasteiger partial charge is 0.257 e. The molecule has 1 heterocycles. The SMILES string of the molecule is Cc1ccc(NC(=O)c2ccc(=O)n(Cc3cccc(Cl)c3)c2)c(C)c1. The number of hydrogen-bond donors (Lipinski definition) is 1. The van der Waals surface area contributed by atoms with Gasteiger partial charge in [0.2, 0.25) is 0 Å². The highest BCUT2D eigenvalue weighted by Crippen LogP contribution is 2.17. The maximum atomic E-state index is 12.6. The minimum absolute atomic E-state index is 0.173. The molecule has 0 aliphatic carbocycles. The van der Waals surface area contributed by atoms with Crippen LogP contribution in [0.25, 0.3) is 0 Å². The van der Waals surface area contributed by atoms with E-state index in [1.807, 2.05) is 44.2 Å². The van der Waals surface area contributed by atoms with E-state index in [2.05, 4.69) is 5.32 Å². The summed E-state index contributed by atoms with van der Waals surface area (Å²) < 4.78 is 1.50. The summed E-state index contributed by atoms with van der Waals surface area (Å²) in [5.41, 5.74) is 4.03. The number of nitrogens with zero attached hydrogens (tertiary/aromatic N) is 1. The van der Waals surface area contributed by atoms with Gasteiger partial charge < -0.3 is 9.88 Å². The Morgan fingerprint density at radius 2 is 1.88 bits per heavy atom. The maximum absolute atomic E-state index is 12.6. The molecule has 0 atom stereocenters. The molecular weight excluding hydrogens is 348 g/mol. The average Bonchev–Trinajstić information content (AvgIpc) is 2.59. The zero-order valence-electron chi connectivity index (χ0n) is 14.6. The molecule has 0 aliphatic rings. The van der Waals surface area contributed by atoms with Gasteiger partial charge in [-0.15, -0.1) is 0 Å². The Bertz CT molecular complexity index is 1020. The third-order valence-corrected chi connectivity index (χ3v) is 4.35. The molecule has 0 unspecified atom stereocenters. The van der Waals surface area contributed by atoms with Crippen molar-refractivity contribution >= 4 is 23.2 Å². The molecule has 132 valence electrons. The van der Waals surface area contributed by atoms with Crippen LogP contribution in [0.15, 0.2) is 65.6 Å². The van der Waals surface area contributed by atoms with E-state index in [0.29, 0.717) is 17.1 Å². The van der Waals surface area contributed by atoms with E-state index in [9.17, 15) is 9.59 Å². The standard InChI is InChI=1S/C21H19ClN2O2/c1-14-6-8-19(15(2)10-14)23-21(26)17-7-9-20(25)24(13-17)12-16-4-3-5-18(22)11-16/h3-11,13H,12H2,1-2H3,(H,23,26). The number of carbonyl (C=O) groups is 1. The molecule has 0 spiro atoms. The normalized spacial score (nSPS) is 10.6. The molecule has 1 amide bonds. The number of carbonyl (C=O) groups excluding carboxylic acids is 1. The fourth-order valence-electron chi connectivity index (χ4n) is 2.77. The van der Waals surface area contributed by atoms with Crippen LogP contribution in [-0.2, 0) is 6.54 Å². The van der Waals surface area contributed by atoms with Gasteiger partial charge in [0.15, 0.2) is 0 Å². The lowest BCUT2D eigenvalue weighted by Gasteiger charge is -2.11. The van der Waals surface area contributed by atoms with Gasteiger partial charge in [0.05, 0.1) is 12.1 Å². The second-order valence-corrected chi connectivity index (χ2v) is 6.72. The monoisotopic (exact) mass is 366 g/mol. The van der Waals surface area contributed by atoms with Crippen molar-refractivity contribution in [3.63, 3.8) is 0 Å². The lowest BCUT2D eigenvalue weighted by atomic mass is 10.1. The number of anilines is 1. The third-order valence-electron chi connectivity index (χ3n) is 4.12. The van der Waals surface area contributed by atoms with Gasteiger partial charge in [0, 0.05) is 23.0 Å². The van der Waals surface area contributed by atoms with Crippen molar-refractivity contribution in [1.29, 1.82) is 0 Å². The van der Waals surface area contributed by atoms with Gasteiger partial charge in [-0.2, -0.15) is 0 Å². The van der Waals surface area contributed by atoms with E-state index in [1.54, 1.807) is 18.3 Å². The molecular formula is C21H19ClN2O2. The van der Waals surface area contributed by atoms with Gasteiger partial charge in [-0.3, -0.25) is 9.59 Å². The quantitative estimate of drug-likeness (QED) is 0.743. The highest BCUT2D eigenvalue weighted by atomic mass is 35.5. The van der Waals surface area contributed by atoms with Crippen molar-refractivity contribution in [3.05, 3.63) is 98.4 Å². The number of pyridine rings is 1. The summed E-state index contributed by atoms with van der Waals surface area (Å²) in [6.45, 7) is 4.30. The lowest BCUT2D eigenvalue weighted by molar-refractivity contribution is 0.102. The summed E-state index contributed by atoms with van der Waals surface area (Å²) in [4.78, 5) is 24.7. The first-order valence-electron chi connectivity index (χ1n) is 8.26. The number of aromatic nitrogens is 1. The van der Waals surface area contributed by atoms with Crippen LogP contribution in [-0.4, -0.2) is 10.5 Å². The summed E-state index contributed by atoms with van der Waals surface area (Å²) in [5.74, 6) is -0.253. The van der Waals surface area contributed by atoms with Crippen LogP contribution in [0.3, 0.4) is 0 Å². The molecule has 0 saturated carbocycles. The van der Waals surface area contributed by atoms with E-state index in [1.165, 1.54) is 16.7 Å². The first-order chi connectivity index (χ1) is 12.4. The molecule has 4 nitrogen and oxygen atoms in total. The van der Waals surface area contributed by atoms with Crippen LogP contribution in [0.1, 0.15) is 27.0 Å². The van der Waals surface area contributed by atoms with Crippen molar-refractivity contribution < 1.29 is 4.79 Å². The molecule has 0 aliphatic heterocycles. The number of amides is 1. The molecule has 3 aromatic rings. The topological polar surface area (TPSA) is 51.1 Å². The number of rotatable bonds is 4. The second-order valence-electron chi connectivity index (χ2n) is 6.29. The van der Waals surface area contributed by atoms with Crippen LogP contribution in [0, 0.1) is 13.8 Å². The Morgan fingerprint density at radius 1 is 1.08 bits per heavy atom. The lowest BCUT2D eigenvalue weighted by Crippen LogP contribution is -2.22. The summed E-state index contributed by atoms with van der Waals surface area (Å²) in [7, 11) is 0. The third kappa shape index (κ3) is 4.21. The number of halogens is 1. The zero-order chi connectivity index (χ0) is 18.7. The Morgan fingerprint density at radius 3 is 2.62 bits per heavy atom.